The summed E-state index contributed by atoms with van der Waals surface area (Å²) in [6.07, 6.45) is 2.02. The molecule has 1 aliphatic heterocycles. The molecule has 0 radical (unpaired) electrons. The van der Waals surface area contributed by atoms with Crippen LogP contribution in [0.3, 0.4) is 0 Å². The number of sulfone groups is 1. The van der Waals surface area contributed by atoms with Gasteiger partial charge in [-0.15, -0.1) is 0 Å². The van der Waals surface area contributed by atoms with Crippen molar-refractivity contribution in [2.45, 2.75) is 32.4 Å². The van der Waals surface area contributed by atoms with Crippen LogP contribution in [-0.4, -0.2) is 49.7 Å². The number of carbonyl (C=O) groups excluding carboxylic acids is 2. The maximum Gasteiger partial charge on any atom is 0.255 e. The van der Waals surface area contributed by atoms with E-state index < -0.39 is 15.9 Å². The number of nitrogens with one attached hydrogen (secondary N) is 1. The van der Waals surface area contributed by atoms with Gasteiger partial charge in [-0.1, -0.05) is 25.1 Å². The number of carbonyl (C=O) groups is 2. The molecule has 0 fully saturated rings. The first kappa shape index (κ1) is 17.5. The van der Waals surface area contributed by atoms with E-state index in [2.05, 4.69) is 5.32 Å². The van der Waals surface area contributed by atoms with Crippen LogP contribution in [0.1, 0.15) is 35.7 Å². The Kier molecular flexibility index (Phi) is 5.41. The highest BCUT2D eigenvalue weighted by molar-refractivity contribution is 7.90. The number of hydrogen-bond acceptors (Lipinski definition) is 4. The molecule has 23 heavy (non-hydrogen) atoms. The number of benzene rings is 1. The highest BCUT2D eigenvalue weighted by atomic mass is 32.2. The van der Waals surface area contributed by atoms with Crippen molar-refractivity contribution in [1.82, 2.24) is 10.2 Å². The minimum absolute atomic E-state index is 0.105. The molecule has 0 aromatic heterocycles. The number of rotatable bonds is 7. The molecule has 1 aromatic rings. The second-order valence-corrected chi connectivity index (χ2v) is 8.08. The Bertz CT molecular complexity index is 700. The van der Waals surface area contributed by atoms with Crippen LogP contribution in [0.4, 0.5) is 0 Å². The lowest BCUT2D eigenvalue weighted by molar-refractivity contribution is -0.125. The van der Waals surface area contributed by atoms with Gasteiger partial charge in [0.05, 0.1) is 5.75 Å². The molecule has 0 saturated heterocycles. The zero-order chi connectivity index (χ0) is 17.0. The largest absolute Gasteiger partial charge is 0.354 e. The van der Waals surface area contributed by atoms with E-state index in [1.165, 1.54) is 4.90 Å². The van der Waals surface area contributed by atoms with E-state index in [0.29, 0.717) is 18.7 Å². The minimum atomic E-state index is -3.21. The SMILES string of the molecule is CCCNC(=O)[C@@H](CCS(C)(=O)=O)N1Cc2ccccc2C1=O. The van der Waals surface area contributed by atoms with Crippen LogP contribution in [-0.2, 0) is 21.2 Å². The zero-order valence-corrected chi connectivity index (χ0v) is 14.2. The summed E-state index contributed by atoms with van der Waals surface area (Å²) in [5, 5.41) is 2.77. The molecule has 0 spiro atoms. The third kappa shape index (κ3) is 4.31. The second-order valence-electron chi connectivity index (χ2n) is 5.82. The van der Waals surface area contributed by atoms with Gasteiger partial charge in [-0.05, 0) is 24.5 Å². The number of hydrogen-bond donors (Lipinski definition) is 1. The van der Waals surface area contributed by atoms with E-state index in [4.69, 9.17) is 0 Å². The fraction of sp³-hybridized carbons (Fsp3) is 0.500. The summed E-state index contributed by atoms with van der Waals surface area (Å²) >= 11 is 0. The van der Waals surface area contributed by atoms with Crippen molar-refractivity contribution in [3.63, 3.8) is 0 Å². The van der Waals surface area contributed by atoms with Crippen molar-refractivity contribution in [3.05, 3.63) is 35.4 Å². The third-order valence-corrected chi connectivity index (χ3v) is 4.82. The van der Waals surface area contributed by atoms with Crippen LogP contribution in [0.15, 0.2) is 24.3 Å². The summed E-state index contributed by atoms with van der Waals surface area (Å²) in [6, 6.07) is 6.44. The van der Waals surface area contributed by atoms with Crippen molar-refractivity contribution in [3.8, 4) is 0 Å². The lowest BCUT2D eigenvalue weighted by Gasteiger charge is -2.26. The van der Waals surface area contributed by atoms with Gasteiger partial charge in [-0.3, -0.25) is 9.59 Å². The maximum atomic E-state index is 12.5. The Morgan fingerprint density at radius 2 is 2.04 bits per heavy atom. The van der Waals surface area contributed by atoms with Crippen LogP contribution >= 0.6 is 0 Å². The first-order valence-electron chi connectivity index (χ1n) is 7.68. The average Bonchev–Trinajstić information content (AvgIpc) is 2.82. The predicted molar refractivity (Wildman–Crippen MR) is 87.7 cm³/mol. The fourth-order valence-corrected chi connectivity index (χ4v) is 3.30. The number of nitrogens with zero attached hydrogens (tertiary/aromatic N) is 1. The van der Waals surface area contributed by atoms with Gasteiger partial charge in [-0.25, -0.2) is 8.42 Å². The summed E-state index contributed by atoms with van der Waals surface area (Å²) in [4.78, 5) is 26.4. The molecule has 1 heterocycles. The Morgan fingerprint density at radius 3 is 2.65 bits per heavy atom. The van der Waals surface area contributed by atoms with Gasteiger partial charge >= 0.3 is 0 Å². The van der Waals surface area contributed by atoms with Gasteiger partial charge in [0.1, 0.15) is 15.9 Å². The topological polar surface area (TPSA) is 83.6 Å². The van der Waals surface area contributed by atoms with E-state index in [-0.39, 0.29) is 24.0 Å². The zero-order valence-electron chi connectivity index (χ0n) is 13.4. The van der Waals surface area contributed by atoms with Gasteiger partial charge in [0.2, 0.25) is 5.91 Å². The van der Waals surface area contributed by atoms with Gasteiger partial charge in [0.25, 0.3) is 5.91 Å². The number of amides is 2. The second kappa shape index (κ2) is 7.12. The van der Waals surface area contributed by atoms with E-state index in [0.717, 1.165) is 18.2 Å². The summed E-state index contributed by atoms with van der Waals surface area (Å²) in [5.41, 5.74) is 1.45. The molecule has 1 N–H and O–H groups in total. The van der Waals surface area contributed by atoms with Crippen LogP contribution in [0.2, 0.25) is 0 Å². The molecule has 0 unspecified atom stereocenters. The molecule has 1 aliphatic rings. The molecule has 7 heteroatoms. The standard InChI is InChI=1S/C16H22N2O4S/c1-3-9-17-15(19)14(8-10-23(2,21)22)18-11-12-6-4-5-7-13(12)16(18)20/h4-7,14H,3,8-11H2,1-2H3,(H,17,19)/t14-/m1/s1. The Labute approximate surface area is 136 Å². The summed E-state index contributed by atoms with van der Waals surface area (Å²) in [7, 11) is -3.21. The van der Waals surface area contributed by atoms with Crippen LogP contribution in [0.5, 0.6) is 0 Å². The molecule has 0 saturated carbocycles. The van der Waals surface area contributed by atoms with Crippen LogP contribution < -0.4 is 5.32 Å². The molecule has 6 nitrogen and oxygen atoms in total. The Morgan fingerprint density at radius 1 is 1.35 bits per heavy atom. The summed E-state index contributed by atoms with van der Waals surface area (Å²) in [5.74, 6) is -0.639. The lowest BCUT2D eigenvalue weighted by Crippen LogP contribution is -2.48. The van der Waals surface area contributed by atoms with Crippen molar-refractivity contribution >= 4 is 21.7 Å². The average molecular weight is 338 g/mol. The van der Waals surface area contributed by atoms with Gasteiger partial charge in [0.15, 0.2) is 0 Å². The maximum absolute atomic E-state index is 12.5. The molecule has 1 aromatic carbocycles. The van der Waals surface area contributed by atoms with Crippen LogP contribution in [0, 0.1) is 0 Å². The molecule has 0 aliphatic carbocycles. The summed E-state index contributed by atoms with van der Waals surface area (Å²) in [6.45, 7) is 2.77. The Balaban J connectivity index is 2.20. The van der Waals surface area contributed by atoms with E-state index in [9.17, 15) is 18.0 Å². The fourth-order valence-electron chi connectivity index (χ4n) is 2.65. The minimum Gasteiger partial charge on any atom is -0.354 e. The van der Waals surface area contributed by atoms with Crippen molar-refractivity contribution in [1.29, 1.82) is 0 Å². The third-order valence-electron chi connectivity index (χ3n) is 3.84. The monoisotopic (exact) mass is 338 g/mol. The normalized spacial score (nSPS) is 15.4. The van der Waals surface area contributed by atoms with E-state index >= 15 is 0 Å². The van der Waals surface area contributed by atoms with Gasteiger partial charge in [-0.2, -0.15) is 0 Å². The Hall–Kier alpha value is -1.89. The highest BCUT2D eigenvalue weighted by Crippen LogP contribution is 2.25. The van der Waals surface area contributed by atoms with Crippen LogP contribution in [0.25, 0.3) is 0 Å². The van der Waals surface area contributed by atoms with Crippen molar-refractivity contribution in [2.24, 2.45) is 0 Å². The molecule has 2 rings (SSSR count). The molecular weight excluding hydrogens is 316 g/mol. The first-order valence-corrected chi connectivity index (χ1v) is 9.74. The number of fused-ring (bicyclic) bond motifs is 1. The quantitative estimate of drug-likeness (QED) is 0.803. The van der Waals surface area contributed by atoms with E-state index in [1.54, 1.807) is 12.1 Å². The molecule has 1 atom stereocenters. The summed E-state index contributed by atoms with van der Waals surface area (Å²) < 4.78 is 22.9. The molecule has 126 valence electrons. The van der Waals surface area contributed by atoms with Gasteiger partial charge < -0.3 is 10.2 Å². The highest BCUT2D eigenvalue weighted by Gasteiger charge is 2.36. The van der Waals surface area contributed by atoms with Crippen molar-refractivity contribution < 1.29 is 18.0 Å². The van der Waals surface area contributed by atoms with E-state index in [1.807, 2.05) is 19.1 Å². The molecular formula is C16H22N2O4S. The first-order chi connectivity index (χ1) is 10.8. The van der Waals surface area contributed by atoms with Crippen molar-refractivity contribution in [2.75, 3.05) is 18.6 Å². The predicted octanol–water partition coefficient (Wildman–Crippen LogP) is 0.972. The lowest BCUT2D eigenvalue weighted by atomic mass is 10.1. The molecule has 0 bridgehead atoms. The van der Waals surface area contributed by atoms with Gasteiger partial charge in [0, 0.05) is 24.9 Å². The smallest absolute Gasteiger partial charge is 0.255 e. The molecule has 2 amide bonds.